The van der Waals surface area contributed by atoms with Crippen LogP contribution in [0.15, 0.2) is 54.9 Å². The molecule has 8 heteroatoms. The molecular weight excluding hydrogens is 449 g/mol. The average molecular weight is 484 g/mol. The Morgan fingerprint density at radius 2 is 1.94 bits per heavy atom. The minimum absolute atomic E-state index is 0. The van der Waals surface area contributed by atoms with Crippen molar-refractivity contribution in [1.29, 1.82) is 0 Å². The quantitative estimate of drug-likeness (QED) is 0.411. The van der Waals surface area contributed by atoms with Gasteiger partial charge in [0.25, 0.3) is 0 Å². The number of fused-ring (bicyclic) bond motifs is 1. The summed E-state index contributed by atoms with van der Waals surface area (Å²) in [6.07, 6.45) is 4.04. The van der Waals surface area contributed by atoms with Crippen molar-refractivity contribution < 1.29 is 24.8 Å². The van der Waals surface area contributed by atoms with E-state index in [-0.39, 0.29) is 13.1 Å². The molecule has 0 fully saturated rings. The fraction of sp³-hybridized carbons (Fsp3) is 0.333. The zero-order valence-electron chi connectivity index (χ0n) is 20.8. The molecule has 1 aromatic heterocycles. The lowest BCUT2D eigenvalue weighted by Gasteiger charge is -2.29. The SMILES string of the molecule is CC.COC(=O)c1ccncc1NC[C@@H]1CCOc2cc(N(C)c3ccc(F)c(OC)c3)ccc21.[HH]. The molecule has 1 N–H and O–H groups in total. The predicted octanol–water partition coefficient (Wildman–Crippen LogP) is 6.03. The van der Waals surface area contributed by atoms with Crippen molar-refractivity contribution in [2.24, 2.45) is 0 Å². The molecule has 3 aromatic rings. The summed E-state index contributed by atoms with van der Waals surface area (Å²) in [5.74, 6) is 0.400. The second-order valence-corrected chi connectivity index (χ2v) is 7.73. The van der Waals surface area contributed by atoms with Crippen LogP contribution in [0, 0.1) is 5.82 Å². The van der Waals surface area contributed by atoms with Crippen LogP contribution in [0.25, 0.3) is 0 Å². The summed E-state index contributed by atoms with van der Waals surface area (Å²) < 4.78 is 29.7. The number of ether oxygens (including phenoxy) is 3. The van der Waals surface area contributed by atoms with E-state index in [0.717, 1.165) is 29.1 Å². The number of pyridine rings is 1. The highest BCUT2D eigenvalue weighted by Gasteiger charge is 2.23. The van der Waals surface area contributed by atoms with E-state index in [0.29, 0.717) is 24.4 Å². The number of carbonyl (C=O) groups excluding carboxylic acids is 1. The van der Waals surface area contributed by atoms with Crippen LogP contribution >= 0.6 is 0 Å². The van der Waals surface area contributed by atoms with E-state index in [1.54, 1.807) is 30.6 Å². The molecule has 0 spiro atoms. The fourth-order valence-corrected chi connectivity index (χ4v) is 3.94. The maximum absolute atomic E-state index is 13.8. The highest BCUT2D eigenvalue weighted by Crippen LogP contribution is 2.38. The van der Waals surface area contributed by atoms with Crippen LogP contribution < -0.4 is 19.7 Å². The Labute approximate surface area is 207 Å². The monoisotopic (exact) mass is 483 g/mol. The van der Waals surface area contributed by atoms with Crippen LogP contribution in [0.1, 0.15) is 43.5 Å². The molecule has 7 nitrogen and oxygen atoms in total. The zero-order valence-corrected chi connectivity index (χ0v) is 20.8. The largest absolute Gasteiger partial charge is 0.494 e. The standard InChI is InChI=1S/C25H26FN3O4.C2H6.H2/c1-29(18-5-7-21(26)24(13-18)31-2)17-4-6-19-16(9-11-33-23(19)12-17)14-28-22-15-27-10-8-20(22)25(30)32-3;1-2;/h4-8,10,12-13,15-16,28H,9,11,14H2,1-3H3;1-2H3;1H/t16-;;/m0../s1. The first-order valence-electron chi connectivity index (χ1n) is 11.6. The lowest BCUT2D eigenvalue weighted by molar-refractivity contribution is 0.0601. The predicted molar refractivity (Wildman–Crippen MR) is 138 cm³/mol. The average Bonchev–Trinajstić information content (AvgIpc) is 2.92. The number of methoxy groups -OCH3 is 2. The number of benzene rings is 2. The molecule has 0 aliphatic carbocycles. The van der Waals surface area contributed by atoms with Gasteiger partial charge in [0.2, 0.25) is 0 Å². The lowest BCUT2D eigenvalue weighted by atomic mass is 9.92. The van der Waals surface area contributed by atoms with Gasteiger partial charge in [0.05, 0.1) is 38.3 Å². The number of nitrogens with zero attached hydrogens (tertiary/aromatic N) is 2. The van der Waals surface area contributed by atoms with E-state index in [9.17, 15) is 9.18 Å². The number of esters is 1. The first-order chi connectivity index (χ1) is 17.0. The van der Waals surface area contributed by atoms with Crippen LogP contribution in [-0.2, 0) is 4.74 Å². The summed E-state index contributed by atoms with van der Waals surface area (Å²) in [4.78, 5) is 18.1. The highest BCUT2D eigenvalue weighted by molar-refractivity contribution is 5.95. The first kappa shape index (κ1) is 25.8. The summed E-state index contributed by atoms with van der Waals surface area (Å²) >= 11 is 0. The molecule has 188 valence electrons. The van der Waals surface area contributed by atoms with E-state index in [1.165, 1.54) is 20.3 Å². The summed E-state index contributed by atoms with van der Waals surface area (Å²) in [6, 6.07) is 12.5. The van der Waals surface area contributed by atoms with Gasteiger partial charge in [-0.3, -0.25) is 4.98 Å². The Morgan fingerprint density at radius 1 is 1.20 bits per heavy atom. The topological polar surface area (TPSA) is 72.9 Å². The van der Waals surface area contributed by atoms with Crippen molar-refractivity contribution in [2.45, 2.75) is 26.2 Å². The van der Waals surface area contributed by atoms with Gasteiger partial charge >= 0.3 is 5.97 Å². The Hall–Kier alpha value is -3.81. The molecule has 4 rings (SSSR count). The van der Waals surface area contributed by atoms with Gasteiger partial charge in [0, 0.05) is 50.6 Å². The number of carbonyl (C=O) groups is 1. The molecule has 1 aliphatic rings. The first-order valence-corrected chi connectivity index (χ1v) is 11.6. The number of nitrogens with one attached hydrogen (secondary N) is 1. The molecule has 2 aromatic carbocycles. The van der Waals surface area contributed by atoms with Crippen molar-refractivity contribution >= 4 is 23.0 Å². The third kappa shape index (κ3) is 5.82. The number of hydrogen-bond acceptors (Lipinski definition) is 7. The Kier molecular flexibility index (Phi) is 8.89. The number of anilines is 3. The zero-order chi connectivity index (χ0) is 25.4. The molecule has 1 atom stereocenters. The van der Waals surface area contributed by atoms with Gasteiger partial charge in [-0.05, 0) is 36.2 Å². The van der Waals surface area contributed by atoms with Crippen molar-refractivity contribution in [1.82, 2.24) is 4.98 Å². The minimum atomic E-state index is -0.405. The van der Waals surface area contributed by atoms with Gasteiger partial charge < -0.3 is 24.4 Å². The van der Waals surface area contributed by atoms with E-state index < -0.39 is 11.8 Å². The Bertz CT molecular complexity index is 1160. The number of hydrogen-bond donors (Lipinski definition) is 1. The molecule has 1 aliphatic heterocycles. The van der Waals surface area contributed by atoms with Gasteiger partial charge in [-0.25, -0.2) is 9.18 Å². The van der Waals surface area contributed by atoms with Crippen molar-refractivity contribution in [3.05, 3.63) is 71.8 Å². The number of halogens is 1. The summed E-state index contributed by atoms with van der Waals surface area (Å²) in [5, 5.41) is 3.34. The Balaban J connectivity index is 0.00000148. The summed E-state index contributed by atoms with van der Waals surface area (Å²) in [5.41, 5.74) is 3.89. The third-order valence-electron chi connectivity index (χ3n) is 5.84. The smallest absolute Gasteiger partial charge is 0.340 e. The normalized spacial score (nSPS) is 13.9. The molecule has 0 amide bonds. The molecule has 35 heavy (non-hydrogen) atoms. The highest BCUT2D eigenvalue weighted by atomic mass is 19.1. The summed E-state index contributed by atoms with van der Waals surface area (Å²) in [7, 11) is 4.72. The van der Waals surface area contributed by atoms with Gasteiger partial charge in [0.15, 0.2) is 11.6 Å². The van der Waals surface area contributed by atoms with Gasteiger partial charge in [-0.2, -0.15) is 0 Å². The molecule has 0 unspecified atom stereocenters. The number of rotatable bonds is 7. The van der Waals surface area contributed by atoms with Crippen LogP contribution in [0.2, 0.25) is 0 Å². The maximum Gasteiger partial charge on any atom is 0.340 e. The van der Waals surface area contributed by atoms with E-state index >= 15 is 0 Å². The van der Waals surface area contributed by atoms with Crippen molar-refractivity contribution in [2.75, 3.05) is 44.6 Å². The second-order valence-electron chi connectivity index (χ2n) is 7.73. The molecule has 0 bridgehead atoms. The van der Waals surface area contributed by atoms with Crippen molar-refractivity contribution in [3.63, 3.8) is 0 Å². The van der Waals surface area contributed by atoms with Crippen LogP contribution in [0.3, 0.4) is 0 Å². The number of aromatic nitrogens is 1. The van der Waals surface area contributed by atoms with E-state index in [4.69, 9.17) is 14.2 Å². The molecule has 0 radical (unpaired) electrons. The van der Waals surface area contributed by atoms with Crippen LogP contribution in [-0.4, -0.2) is 45.4 Å². The van der Waals surface area contributed by atoms with Gasteiger partial charge in [0.1, 0.15) is 5.75 Å². The van der Waals surface area contributed by atoms with Gasteiger partial charge in [-0.15, -0.1) is 0 Å². The molecule has 0 saturated carbocycles. The van der Waals surface area contributed by atoms with Crippen LogP contribution in [0.4, 0.5) is 21.5 Å². The van der Waals surface area contributed by atoms with E-state index in [2.05, 4.69) is 16.4 Å². The minimum Gasteiger partial charge on any atom is -0.494 e. The fourth-order valence-electron chi connectivity index (χ4n) is 3.94. The lowest BCUT2D eigenvalue weighted by Crippen LogP contribution is -2.22. The van der Waals surface area contributed by atoms with Crippen LogP contribution in [0.5, 0.6) is 11.5 Å². The second kappa shape index (κ2) is 12.1. The molecular formula is C27H34FN3O4. The third-order valence-corrected chi connectivity index (χ3v) is 5.84. The maximum atomic E-state index is 13.8. The Morgan fingerprint density at radius 3 is 2.69 bits per heavy atom. The van der Waals surface area contributed by atoms with Crippen molar-refractivity contribution in [3.8, 4) is 11.5 Å². The van der Waals surface area contributed by atoms with Gasteiger partial charge in [-0.1, -0.05) is 19.9 Å². The summed E-state index contributed by atoms with van der Waals surface area (Å²) in [6.45, 7) is 5.21. The molecule has 2 heterocycles. The molecule has 0 saturated heterocycles. The van der Waals surface area contributed by atoms with E-state index in [1.807, 2.05) is 37.9 Å².